The molecule has 1 amide bonds. The Hall–Kier alpha value is -2.36. The lowest BCUT2D eigenvalue weighted by molar-refractivity contribution is -0.115. The zero-order chi connectivity index (χ0) is 14.4. The smallest absolute Gasteiger partial charge is 0.225 e. The van der Waals surface area contributed by atoms with Crippen LogP contribution < -0.4 is 10.6 Å². The summed E-state index contributed by atoms with van der Waals surface area (Å²) in [6.45, 7) is 3.94. The second-order valence-electron chi connectivity index (χ2n) is 4.47. The predicted molar refractivity (Wildman–Crippen MR) is 82.3 cm³/mol. The second-order valence-corrected chi connectivity index (χ2v) is 4.47. The van der Waals surface area contributed by atoms with Crippen molar-refractivity contribution in [3.8, 4) is 0 Å². The fourth-order valence-corrected chi connectivity index (χ4v) is 1.88. The van der Waals surface area contributed by atoms with Crippen LogP contribution in [0, 0.1) is 0 Å². The molecule has 0 aliphatic carbocycles. The van der Waals surface area contributed by atoms with E-state index in [4.69, 9.17) is 0 Å². The molecule has 1 aromatic heterocycles. The van der Waals surface area contributed by atoms with Crippen molar-refractivity contribution >= 4 is 23.1 Å². The Morgan fingerprint density at radius 3 is 2.60 bits per heavy atom. The molecule has 0 atom stereocenters. The highest BCUT2D eigenvalue weighted by atomic mass is 16.1. The SMILES string of the molecule is CCC(=O)Nc1ccc(Nc2ccccc2CC)cn1. The molecule has 2 aromatic rings. The van der Waals surface area contributed by atoms with Gasteiger partial charge in [-0.1, -0.05) is 32.0 Å². The lowest BCUT2D eigenvalue weighted by Crippen LogP contribution is -2.10. The number of rotatable bonds is 5. The van der Waals surface area contributed by atoms with Crippen LogP contribution in [0.4, 0.5) is 17.2 Å². The minimum atomic E-state index is -0.0328. The Balaban J connectivity index is 2.09. The van der Waals surface area contributed by atoms with Crippen molar-refractivity contribution in [3.63, 3.8) is 0 Å². The molecule has 0 aliphatic rings. The first-order chi connectivity index (χ1) is 9.72. The standard InChI is InChI=1S/C16H19N3O/c1-3-12-7-5-6-8-14(12)18-13-9-10-15(17-11-13)19-16(20)4-2/h5-11,18H,3-4H2,1-2H3,(H,17,19,20). The van der Waals surface area contributed by atoms with Crippen molar-refractivity contribution in [1.29, 1.82) is 0 Å². The van der Waals surface area contributed by atoms with E-state index in [0.29, 0.717) is 12.2 Å². The van der Waals surface area contributed by atoms with E-state index < -0.39 is 0 Å². The van der Waals surface area contributed by atoms with Crippen LogP contribution >= 0.6 is 0 Å². The summed E-state index contributed by atoms with van der Waals surface area (Å²) < 4.78 is 0. The van der Waals surface area contributed by atoms with Gasteiger partial charge in [-0.25, -0.2) is 4.98 Å². The van der Waals surface area contributed by atoms with Gasteiger partial charge in [0, 0.05) is 12.1 Å². The molecule has 0 fully saturated rings. The Kier molecular flexibility index (Phi) is 4.71. The highest BCUT2D eigenvalue weighted by Crippen LogP contribution is 2.21. The number of carbonyl (C=O) groups excluding carboxylic acids is 1. The fourth-order valence-electron chi connectivity index (χ4n) is 1.88. The normalized spacial score (nSPS) is 10.1. The Labute approximate surface area is 119 Å². The Morgan fingerprint density at radius 1 is 1.15 bits per heavy atom. The maximum Gasteiger partial charge on any atom is 0.225 e. The topological polar surface area (TPSA) is 54.0 Å². The van der Waals surface area contributed by atoms with Gasteiger partial charge in [0.25, 0.3) is 0 Å². The van der Waals surface area contributed by atoms with Crippen LogP contribution in [-0.2, 0) is 11.2 Å². The first-order valence-electron chi connectivity index (χ1n) is 6.83. The maximum atomic E-state index is 11.3. The molecule has 0 aliphatic heterocycles. The molecule has 4 nitrogen and oxygen atoms in total. The molecule has 4 heteroatoms. The number of pyridine rings is 1. The number of nitrogens with one attached hydrogen (secondary N) is 2. The van der Waals surface area contributed by atoms with Gasteiger partial charge in [0.1, 0.15) is 5.82 Å². The molecule has 20 heavy (non-hydrogen) atoms. The van der Waals surface area contributed by atoms with Crippen LogP contribution in [0.1, 0.15) is 25.8 Å². The number of hydrogen-bond donors (Lipinski definition) is 2. The number of aryl methyl sites for hydroxylation is 1. The molecule has 104 valence electrons. The van der Waals surface area contributed by atoms with Crippen LogP contribution in [0.3, 0.4) is 0 Å². The van der Waals surface area contributed by atoms with E-state index in [-0.39, 0.29) is 5.91 Å². The van der Waals surface area contributed by atoms with Crippen LogP contribution in [0.15, 0.2) is 42.6 Å². The lowest BCUT2D eigenvalue weighted by atomic mass is 10.1. The van der Waals surface area contributed by atoms with Crippen molar-refractivity contribution < 1.29 is 4.79 Å². The average Bonchev–Trinajstić information content (AvgIpc) is 2.49. The first kappa shape index (κ1) is 14.1. The molecule has 2 rings (SSSR count). The summed E-state index contributed by atoms with van der Waals surface area (Å²) in [4.78, 5) is 15.5. The zero-order valence-corrected chi connectivity index (χ0v) is 11.8. The number of benzene rings is 1. The van der Waals surface area contributed by atoms with Crippen LogP contribution in [0.25, 0.3) is 0 Å². The molecule has 0 bridgehead atoms. The van der Waals surface area contributed by atoms with E-state index in [0.717, 1.165) is 17.8 Å². The molecule has 0 saturated carbocycles. The summed E-state index contributed by atoms with van der Waals surface area (Å²) in [5.74, 6) is 0.542. The molecule has 1 aromatic carbocycles. The third kappa shape index (κ3) is 3.57. The molecule has 1 heterocycles. The summed E-state index contributed by atoms with van der Waals surface area (Å²) in [7, 11) is 0. The molecule has 0 saturated heterocycles. The molecule has 2 N–H and O–H groups in total. The summed E-state index contributed by atoms with van der Waals surface area (Å²) >= 11 is 0. The Morgan fingerprint density at radius 2 is 1.95 bits per heavy atom. The lowest BCUT2D eigenvalue weighted by Gasteiger charge is -2.11. The summed E-state index contributed by atoms with van der Waals surface area (Å²) in [6.07, 6.45) is 3.14. The third-order valence-corrected chi connectivity index (χ3v) is 3.03. The number of hydrogen-bond acceptors (Lipinski definition) is 3. The number of amides is 1. The largest absolute Gasteiger partial charge is 0.354 e. The Bertz CT molecular complexity index is 579. The van der Waals surface area contributed by atoms with Gasteiger partial charge in [-0.15, -0.1) is 0 Å². The van der Waals surface area contributed by atoms with Gasteiger partial charge in [0.15, 0.2) is 0 Å². The molecule has 0 unspecified atom stereocenters. The van der Waals surface area contributed by atoms with Gasteiger partial charge in [0.05, 0.1) is 11.9 Å². The monoisotopic (exact) mass is 269 g/mol. The number of aromatic nitrogens is 1. The first-order valence-corrected chi connectivity index (χ1v) is 6.83. The van der Waals surface area contributed by atoms with Crippen molar-refractivity contribution in [1.82, 2.24) is 4.98 Å². The van der Waals surface area contributed by atoms with Crippen molar-refractivity contribution in [2.75, 3.05) is 10.6 Å². The van der Waals surface area contributed by atoms with Gasteiger partial charge in [0.2, 0.25) is 5.91 Å². The van der Waals surface area contributed by atoms with Gasteiger partial charge >= 0.3 is 0 Å². The molecule has 0 spiro atoms. The van der Waals surface area contributed by atoms with Crippen LogP contribution in [0.2, 0.25) is 0 Å². The van der Waals surface area contributed by atoms with Crippen molar-refractivity contribution in [2.24, 2.45) is 0 Å². The van der Waals surface area contributed by atoms with Gasteiger partial charge in [-0.05, 0) is 30.2 Å². The number of anilines is 3. The fraction of sp³-hybridized carbons (Fsp3) is 0.250. The van der Waals surface area contributed by atoms with Crippen LogP contribution in [-0.4, -0.2) is 10.9 Å². The van der Waals surface area contributed by atoms with Crippen LogP contribution in [0.5, 0.6) is 0 Å². The van der Waals surface area contributed by atoms with E-state index in [2.05, 4.69) is 28.6 Å². The van der Waals surface area contributed by atoms with E-state index in [1.54, 1.807) is 12.3 Å². The average molecular weight is 269 g/mol. The summed E-state index contributed by atoms with van der Waals surface area (Å²) in [6, 6.07) is 11.9. The summed E-state index contributed by atoms with van der Waals surface area (Å²) in [5, 5.41) is 6.07. The van der Waals surface area contributed by atoms with Gasteiger partial charge in [-0.3, -0.25) is 4.79 Å². The highest BCUT2D eigenvalue weighted by molar-refractivity contribution is 5.89. The number of nitrogens with zero attached hydrogens (tertiary/aromatic N) is 1. The minimum Gasteiger partial charge on any atom is -0.354 e. The van der Waals surface area contributed by atoms with E-state index in [9.17, 15) is 4.79 Å². The molecule has 0 radical (unpaired) electrons. The van der Waals surface area contributed by atoms with E-state index >= 15 is 0 Å². The van der Waals surface area contributed by atoms with E-state index in [1.165, 1.54) is 5.56 Å². The van der Waals surface area contributed by atoms with Crippen molar-refractivity contribution in [3.05, 3.63) is 48.2 Å². The number of para-hydroxylation sites is 1. The highest BCUT2D eigenvalue weighted by Gasteiger charge is 2.02. The van der Waals surface area contributed by atoms with Crippen molar-refractivity contribution in [2.45, 2.75) is 26.7 Å². The quantitative estimate of drug-likeness (QED) is 0.869. The van der Waals surface area contributed by atoms with Gasteiger partial charge in [-0.2, -0.15) is 0 Å². The molecular formula is C16H19N3O. The minimum absolute atomic E-state index is 0.0328. The van der Waals surface area contributed by atoms with Gasteiger partial charge < -0.3 is 10.6 Å². The predicted octanol–water partition coefficient (Wildman–Crippen LogP) is 3.74. The molecular weight excluding hydrogens is 250 g/mol. The summed E-state index contributed by atoms with van der Waals surface area (Å²) in [5.41, 5.74) is 3.25. The third-order valence-electron chi connectivity index (χ3n) is 3.03. The van der Waals surface area contributed by atoms with E-state index in [1.807, 2.05) is 31.2 Å². The maximum absolute atomic E-state index is 11.3. The number of carbonyl (C=O) groups is 1. The second kappa shape index (κ2) is 6.70. The zero-order valence-electron chi connectivity index (χ0n) is 11.8.